The van der Waals surface area contributed by atoms with Gasteiger partial charge in [0.05, 0.1) is 19.3 Å². The maximum atomic E-state index is 9.87. The van der Waals surface area contributed by atoms with Gasteiger partial charge in [0.1, 0.15) is 0 Å². The monoisotopic (exact) mass is 249 g/mol. The summed E-state index contributed by atoms with van der Waals surface area (Å²) in [6.07, 6.45) is 2.15. The van der Waals surface area contributed by atoms with Gasteiger partial charge in [-0.2, -0.15) is 0 Å². The summed E-state index contributed by atoms with van der Waals surface area (Å²) < 4.78 is 5.55. The highest BCUT2D eigenvalue weighted by atomic mass is 16.5. The van der Waals surface area contributed by atoms with E-state index in [4.69, 9.17) is 4.74 Å². The van der Waals surface area contributed by atoms with Crippen molar-refractivity contribution < 1.29 is 9.84 Å². The van der Waals surface area contributed by atoms with Crippen molar-refractivity contribution in [3.63, 3.8) is 0 Å². The van der Waals surface area contributed by atoms with Gasteiger partial charge in [-0.3, -0.25) is 0 Å². The third-order valence-electron chi connectivity index (χ3n) is 3.37. The van der Waals surface area contributed by atoms with Crippen molar-refractivity contribution in [2.24, 2.45) is 0 Å². The number of rotatable bonds is 6. The van der Waals surface area contributed by atoms with E-state index in [0.717, 1.165) is 25.2 Å². The van der Waals surface area contributed by atoms with Gasteiger partial charge in [-0.05, 0) is 38.4 Å². The lowest BCUT2D eigenvalue weighted by atomic mass is 10.2. The summed E-state index contributed by atoms with van der Waals surface area (Å²) in [5.41, 5.74) is 2.42. The number of benzene rings is 1. The van der Waals surface area contributed by atoms with Crippen molar-refractivity contribution in [1.82, 2.24) is 4.90 Å². The highest BCUT2D eigenvalue weighted by Gasteiger charge is 2.15. The van der Waals surface area contributed by atoms with E-state index in [2.05, 4.69) is 36.1 Å². The molecule has 1 aromatic carbocycles. The fourth-order valence-corrected chi connectivity index (χ4v) is 2.31. The van der Waals surface area contributed by atoms with Crippen LogP contribution in [0.1, 0.15) is 24.0 Å². The summed E-state index contributed by atoms with van der Waals surface area (Å²) in [5.74, 6) is 0. The van der Waals surface area contributed by atoms with Crippen molar-refractivity contribution in [2.75, 3.05) is 26.2 Å². The molecule has 0 radical (unpaired) electrons. The van der Waals surface area contributed by atoms with Gasteiger partial charge in [0.2, 0.25) is 0 Å². The minimum atomic E-state index is -0.367. The molecule has 0 aromatic heterocycles. The van der Waals surface area contributed by atoms with Crippen molar-refractivity contribution >= 4 is 0 Å². The Kier molecular flexibility index (Phi) is 5.17. The number of ether oxygens (including phenoxy) is 1. The molecule has 0 unspecified atom stereocenters. The second kappa shape index (κ2) is 6.88. The van der Waals surface area contributed by atoms with E-state index >= 15 is 0 Å². The first-order chi connectivity index (χ1) is 8.74. The summed E-state index contributed by atoms with van der Waals surface area (Å²) in [5, 5.41) is 9.87. The predicted molar refractivity (Wildman–Crippen MR) is 72.5 cm³/mol. The molecule has 0 aliphatic carbocycles. The molecule has 1 saturated heterocycles. The molecule has 18 heavy (non-hydrogen) atoms. The number of β-amino-alcohol motifs (C(OH)–C–C–N with tert-alkyl or cyclic N) is 1. The van der Waals surface area contributed by atoms with Gasteiger partial charge in [0.25, 0.3) is 0 Å². The van der Waals surface area contributed by atoms with Gasteiger partial charge in [-0.1, -0.05) is 29.8 Å². The van der Waals surface area contributed by atoms with Crippen molar-refractivity contribution in [2.45, 2.75) is 32.5 Å². The Hall–Kier alpha value is -0.900. The number of aliphatic hydroxyl groups excluding tert-OH is 1. The molecule has 100 valence electrons. The van der Waals surface area contributed by atoms with Crippen LogP contribution >= 0.6 is 0 Å². The molecular weight excluding hydrogens is 226 g/mol. The van der Waals surface area contributed by atoms with E-state index in [1.165, 1.54) is 18.4 Å². The van der Waals surface area contributed by atoms with Crippen LogP contribution in [0, 0.1) is 6.92 Å². The number of hydrogen-bond acceptors (Lipinski definition) is 3. The number of nitrogens with zero attached hydrogens (tertiary/aromatic N) is 1. The minimum Gasteiger partial charge on any atom is -0.389 e. The maximum Gasteiger partial charge on any atom is 0.0900 e. The van der Waals surface area contributed by atoms with Crippen LogP contribution in [0.15, 0.2) is 24.3 Å². The summed E-state index contributed by atoms with van der Waals surface area (Å²) in [6.45, 7) is 6.06. The number of aryl methyl sites for hydroxylation is 1. The summed E-state index contributed by atoms with van der Waals surface area (Å²) >= 11 is 0. The zero-order chi connectivity index (χ0) is 12.8. The minimum absolute atomic E-state index is 0.367. The Balaban J connectivity index is 1.63. The van der Waals surface area contributed by atoms with Crippen LogP contribution in [0.3, 0.4) is 0 Å². The maximum absolute atomic E-state index is 9.87. The van der Waals surface area contributed by atoms with Crippen LogP contribution in [-0.2, 0) is 11.3 Å². The van der Waals surface area contributed by atoms with Gasteiger partial charge >= 0.3 is 0 Å². The lowest BCUT2D eigenvalue weighted by Crippen LogP contribution is -2.32. The molecule has 3 heteroatoms. The number of hydrogen-bond donors (Lipinski definition) is 1. The van der Waals surface area contributed by atoms with Gasteiger partial charge in [-0.25, -0.2) is 0 Å². The van der Waals surface area contributed by atoms with Crippen molar-refractivity contribution in [3.8, 4) is 0 Å². The molecule has 0 spiro atoms. The lowest BCUT2D eigenvalue weighted by Gasteiger charge is -2.19. The zero-order valence-corrected chi connectivity index (χ0v) is 11.1. The Labute approximate surface area is 109 Å². The lowest BCUT2D eigenvalue weighted by molar-refractivity contribution is 0.0134. The number of likely N-dealkylation sites (tertiary alicyclic amines) is 1. The van der Waals surface area contributed by atoms with Crippen LogP contribution in [0.5, 0.6) is 0 Å². The van der Waals surface area contributed by atoms with Crippen molar-refractivity contribution in [1.29, 1.82) is 0 Å². The standard InChI is InChI=1S/C15H23NO2/c1-13-4-6-14(7-5-13)11-18-12-15(17)10-16-8-2-3-9-16/h4-7,15,17H,2-3,8-12H2,1H3/t15-/m0/s1. The van der Waals surface area contributed by atoms with Gasteiger partial charge in [0, 0.05) is 6.54 Å². The van der Waals surface area contributed by atoms with E-state index in [9.17, 15) is 5.11 Å². The molecule has 1 atom stereocenters. The second-order valence-corrected chi connectivity index (χ2v) is 5.16. The molecule has 0 amide bonds. The van der Waals surface area contributed by atoms with Crippen LogP contribution in [0.4, 0.5) is 0 Å². The molecule has 2 rings (SSSR count). The van der Waals surface area contributed by atoms with Gasteiger partial charge < -0.3 is 14.7 Å². The van der Waals surface area contributed by atoms with Gasteiger partial charge in [0.15, 0.2) is 0 Å². The molecular formula is C15H23NO2. The van der Waals surface area contributed by atoms with Gasteiger partial charge in [-0.15, -0.1) is 0 Å². The summed E-state index contributed by atoms with van der Waals surface area (Å²) in [6, 6.07) is 8.31. The fourth-order valence-electron chi connectivity index (χ4n) is 2.31. The van der Waals surface area contributed by atoms with Crippen LogP contribution < -0.4 is 0 Å². The summed E-state index contributed by atoms with van der Waals surface area (Å²) in [4.78, 5) is 2.31. The Morgan fingerprint density at radius 2 is 1.89 bits per heavy atom. The van der Waals surface area contributed by atoms with Crippen LogP contribution in [0.2, 0.25) is 0 Å². The quantitative estimate of drug-likeness (QED) is 0.836. The SMILES string of the molecule is Cc1ccc(COC[C@@H](O)CN2CCCC2)cc1. The van der Waals surface area contributed by atoms with E-state index in [-0.39, 0.29) is 6.10 Å². The third-order valence-corrected chi connectivity index (χ3v) is 3.37. The molecule has 0 bridgehead atoms. The highest BCUT2D eigenvalue weighted by molar-refractivity contribution is 5.20. The highest BCUT2D eigenvalue weighted by Crippen LogP contribution is 2.08. The molecule has 3 nitrogen and oxygen atoms in total. The average molecular weight is 249 g/mol. The zero-order valence-electron chi connectivity index (χ0n) is 11.1. The van der Waals surface area contributed by atoms with E-state index in [0.29, 0.717) is 13.2 Å². The first kappa shape index (κ1) is 13.5. The predicted octanol–water partition coefficient (Wildman–Crippen LogP) is 1.97. The summed E-state index contributed by atoms with van der Waals surface area (Å²) in [7, 11) is 0. The molecule has 1 aliphatic heterocycles. The normalized spacial score (nSPS) is 18.1. The Morgan fingerprint density at radius 3 is 2.56 bits per heavy atom. The van der Waals surface area contributed by atoms with Crippen LogP contribution in [-0.4, -0.2) is 42.4 Å². The van der Waals surface area contributed by atoms with Crippen LogP contribution in [0.25, 0.3) is 0 Å². The van der Waals surface area contributed by atoms with E-state index in [1.807, 2.05) is 0 Å². The third kappa shape index (κ3) is 4.41. The Bertz CT molecular complexity index is 344. The molecule has 1 aliphatic rings. The first-order valence-corrected chi connectivity index (χ1v) is 6.78. The molecule has 0 saturated carbocycles. The second-order valence-electron chi connectivity index (χ2n) is 5.16. The largest absolute Gasteiger partial charge is 0.389 e. The average Bonchev–Trinajstić information content (AvgIpc) is 2.84. The molecule has 1 N–H and O–H groups in total. The van der Waals surface area contributed by atoms with E-state index in [1.54, 1.807) is 0 Å². The molecule has 1 fully saturated rings. The van der Waals surface area contributed by atoms with E-state index < -0.39 is 0 Å². The smallest absolute Gasteiger partial charge is 0.0900 e. The molecule has 1 aromatic rings. The fraction of sp³-hybridized carbons (Fsp3) is 0.600. The topological polar surface area (TPSA) is 32.7 Å². The first-order valence-electron chi connectivity index (χ1n) is 6.78. The molecule has 1 heterocycles. The Morgan fingerprint density at radius 1 is 1.22 bits per heavy atom. The number of aliphatic hydroxyl groups is 1. The van der Waals surface area contributed by atoms with Crippen molar-refractivity contribution in [3.05, 3.63) is 35.4 Å².